The lowest BCUT2D eigenvalue weighted by molar-refractivity contribution is 0.589. The van der Waals surface area contributed by atoms with Crippen LogP contribution in [0.25, 0.3) is 28.3 Å². The Morgan fingerprint density at radius 2 is 1.84 bits per heavy atom. The van der Waals surface area contributed by atoms with Gasteiger partial charge in [-0.1, -0.05) is 24.8 Å². The minimum absolute atomic E-state index is 0.520. The highest BCUT2D eigenvalue weighted by molar-refractivity contribution is 5.81. The Morgan fingerprint density at radius 3 is 2.53 bits per heavy atom. The van der Waals surface area contributed by atoms with Gasteiger partial charge in [-0.2, -0.15) is 5.26 Å². The number of nitriles is 1. The Bertz CT molecular complexity index is 792. The van der Waals surface area contributed by atoms with Crippen LogP contribution in [0, 0.1) is 11.3 Å². The van der Waals surface area contributed by atoms with E-state index in [0.717, 1.165) is 22.2 Å². The predicted octanol–water partition coefficient (Wildman–Crippen LogP) is 4.01. The van der Waals surface area contributed by atoms with E-state index in [1.165, 1.54) is 0 Å². The number of hydrogen-bond acceptors (Lipinski definition) is 3. The van der Waals surface area contributed by atoms with Crippen LogP contribution < -0.4 is 0 Å². The van der Waals surface area contributed by atoms with E-state index in [1.54, 1.807) is 18.2 Å². The van der Waals surface area contributed by atoms with Crippen LogP contribution in [0.1, 0.15) is 11.5 Å². The summed E-state index contributed by atoms with van der Waals surface area (Å²) >= 11 is 0. The Balaban J connectivity index is 2.08. The summed E-state index contributed by atoms with van der Waals surface area (Å²) in [4.78, 5) is 4.31. The standard InChI is InChI=1S/C16H10N2O/c1-2-16-18-14-9-13(7-8-15(14)19-16)12-5-3-11(10-17)4-6-12/h2-9H,1H2. The molecule has 19 heavy (non-hydrogen) atoms. The summed E-state index contributed by atoms with van der Waals surface area (Å²) < 4.78 is 5.47. The molecule has 1 heterocycles. The molecular weight excluding hydrogens is 236 g/mol. The number of nitrogens with zero attached hydrogens (tertiary/aromatic N) is 2. The van der Waals surface area contributed by atoms with E-state index < -0.39 is 0 Å². The molecule has 3 rings (SSSR count). The van der Waals surface area contributed by atoms with Crippen LogP contribution in [0.5, 0.6) is 0 Å². The maximum absolute atomic E-state index is 8.79. The summed E-state index contributed by atoms with van der Waals surface area (Å²) in [5.41, 5.74) is 4.29. The molecule has 0 unspecified atom stereocenters. The fourth-order valence-electron chi connectivity index (χ4n) is 1.95. The van der Waals surface area contributed by atoms with Gasteiger partial charge in [0, 0.05) is 0 Å². The van der Waals surface area contributed by atoms with Crippen molar-refractivity contribution in [3.63, 3.8) is 0 Å². The van der Waals surface area contributed by atoms with Gasteiger partial charge in [0.05, 0.1) is 11.6 Å². The fraction of sp³-hybridized carbons (Fsp3) is 0. The zero-order valence-corrected chi connectivity index (χ0v) is 10.1. The Morgan fingerprint density at radius 1 is 1.11 bits per heavy atom. The van der Waals surface area contributed by atoms with Crippen molar-refractivity contribution in [2.45, 2.75) is 0 Å². The van der Waals surface area contributed by atoms with E-state index in [-0.39, 0.29) is 0 Å². The molecule has 0 amide bonds. The second-order valence-corrected chi connectivity index (χ2v) is 4.13. The van der Waals surface area contributed by atoms with Gasteiger partial charge in [-0.25, -0.2) is 4.98 Å². The maximum atomic E-state index is 8.79. The van der Waals surface area contributed by atoms with Crippen molar-refractivity contribution in [3.8, 4) is 17.2 Å². The molecule has 0 fully saturated rings. The lowest BCUT2D eigenvalue weighted by Gasteiger charge is -2.00. The number of benzene rings is 2. The van der Waals surface area contributed by atoms with E-state index in [1.807, 2.05) is 30.3 Å². The van der Waals surface area contributed by atoms with Gasteiger partial charge in [-0.05, 0) is 41.5 Å². The molecule has 90 valence electrons. The first kappa shape index (κ1) is 11.2. The van der Waals surface area contributed by atoms with E-state index in [2.05, 4.69) is 17.6 Å². The molecule has 3 nitrogen and oxygen atoms in total. The van der Waals surface area contributed by atoms with Crippen LogP contribution in [0.3, 0.4) is 0 Å². The molecule has 0 aliphatic carbocycles. The molecule has 2 aromatic carbocycles. The highest BCUT2D eigenvalue weighted by Gasteiger charge is 2.05. The molecule has 0 radical (unpaired) electrons. The summed E-state index contributed by atoms with van der Waals surface area (Å²) in [6.07, 6.45) is 1.58. The molecule has 0 aliphatic rings. The summed E-state index contributed by atoms with van der Waals surface area (Å²) in [5, 5.41) is 8.79. The molecule has 0 spiro atoms. The number of oxazole rings is 1. The average molecular weight is 246 g/mol. The zero-order chi connectivity index (χ0) is 13.2. The van der Waals surface area contributed by atoms with Gasteiger partial charge in [-0.3, -0.25) is 0 Å². The quantitative estimate of drug-likeness (QED) is 0.686. The molecule has 0 bridgehead atoms. The third-order valence-electron chi connectivity index (χ3n) is 2.93. The van der Waals surface area contributed by atoms with Gasteiger partial charge < -0.3 is 4.42 Å². The van der Waals surface area contributed by atoms with Crippen molar-refractivity contribution in [2.24, 2.45) is 0 Å². The zero-order valence-electron chi connectivity index (χ0n) is 10.1. The number of rotatable bonds is 2. The summed E-state index contributed by atoms with van der Waals surface area (Å²) in [5.74, 6) is 0.520. The van der Waals surface area contributed by atoms with E-state index in [0.29, 0.717) is 11.5 Å². The van der Waals surface area contributed by atoms with Crippen LogP contribution in [0.2, 0.25) is 0 Å². The monoisotopic (exact) mass is 246 g/mol. The van der Waals surface area contributed by atoms with Crippen molar-refractivity contribution in [3.05, 3.63) is 60.5 Å². The van der Waals surface area contributed by atoms with Gasteiger partial charge >= 0.3 is 0 Å². The molecule has 0 N–H and O–H groups in total. The van der Waals surface area contributed by atoms with Gasteiger partial charge in [0.1, 0.15) is 5.52 Å². The molecule has 1 aromatic heterocycles. The van der Waals surface area contributed by atoms with Gasteiger partial charge in [0.15, 0.2) is 5.58 Å². The predicted molar refractivity (Wildman–Crippen MR) is 74.3 cm³/mol. The Labute approximate surface area is 110 Å². The third kappa shape index (κ3) is 2.00. The highest BCUT2D eigenvalue weighted by atomic mass is 16.3. The molecular formula is C16H10N2O. The minimum Gasteiger partial charge on any atom is -0.437 e. The third-order valence-corrected chi connectivity index (χ3v) is 2.93. The average Bonchev–Trinajstić information content (AvgIpc) is 2.89. The van der Waals surface area contributed by atoms with Crippen molar-refractivity contribution >= 4 is 17.2 Å². The van der Waals surface area contributed by atoms with E-state index >= 15 is 0 Å². The van der Waals surface area contributed by atoms with Crippen LogP contribution in [0.15, 0.2) is 53.5 Å². The van der Waals surface area contributed by atoms with E-state index in [9.17, 15) is 0 Å². The van der Waals surface area contributed by atoms with Crippen LogP contribution in [-0.2, 0) is 0 Å². The summed E-state index contributed by atoms with van der Waals surface area (Å²) in [6.45, 7) is 3.64. The first-order valence-electron chi connectivity index (χ1n) is 5.84. The minimum atomic E-state index is 0.520. The molecule has 0 atom stereocenters. The molecule has 0 aliphatic heterocycles. The topological polar surface area (TPSA) is 49.8 Å². The van der Waals surface area contributed by atoms with Gasteiger partial charge in [-0.15, -0.1) is 0 Å². The summed E-state index contributed by atoms with van der Waals surface area (Å²) in [7, 11) is 0. The number of fused-ring (bicyclic) bond motifs is 1. The Hall–Kier alpha value is -2.86. The van der Waals surface area contributed by atoms with Crippen molar-refractivity contribution in [1.29, 1.82) is 5.26 Å². The van der Waals surface area contributed by atoms with Crippen molar-refractivity contribution < 1.29 is 4.42 Å². The second kappa shape index (κ2) is 4.43. The molecule has 3 aromatic rings. The smallest absolute Gasteiger partial charge is 0.219 e. The molecule has 0 saturated carbocycles. The molecule has 0 saturated heterocycles. The molecule has 3 heteroatoms. The Kier molecular flexibility index (Phi) is 2.62. The SMILES string of the molecule is C=Cc1nc2cc(-c3ccc(C#N)cc3)ccc2o1. The first-order chi connectivity index (χ1) is 9.30. The first-order valence-corrected chi connectivity index (χ1v) is 5.84. The van der Waals surface area contributed by atoms with Crippen molar-refractivity contribution in [1.82, 2.24) is 4.98 Å². The number of aromatic nitrogens is 1. The van der Waals surface area contributed by atoms with Crippen LogP contribution >= 0.6 is 0 Å². The lowest BCUT2D eigenvalue weighted by Crippen LogP contribution is -1.79. The van der Waals surface area contributed by atoms with Crippen LogP contribution in [0.4, 0.5) is 0 Å². The van der Waals surface area contributed by atoms with Crippen molar-refractivity contribution in [2.75, 3.05) is 0 Å². The van der Waals surface area contributed by atoms with Gasteiger partial charge in [0.2, 0.25) is 5.89 Å². The van der Waals surface area contributed by atoms with E-state index in [4.69, 9.17) is 9.68 Å². The summed E-state index contributed by atoms with van der Waals surface area (Å²) in [6, 6.07) is 15.4. The fourth-order valence-corrected chi connectivity index (χ4v) is 1.95. The maximum Gasteiger partial charge on any atom is 0.219 e. The normalized spacial score (nSPS) is 10.3. The second-order valence-electron chi connectivity index (χ2n) is 4.13. The highest BCUT2D eigenvalue weighted by Crippen LogP contribution is 2.25. The number of hydrogen-bond donors (Lipinski definition) is 0. The van der Waals surface area contributed by atoms with Crippen LogP contribution in [-0.4, -0.2) is 4.98 Å². The van der Waals surface area contributed by atoms with Gasteiger partial charge in [0.25, 0.3) is 0 Å². The lowest BCUT2D eigenvalue weighted by atomic mass is 10.0. The largest absolute Gasteiger partial charge is 0.437 e.